The molecule has 12 heteroatoms. The third kappa shape index (κ3) is 5.98. The molecule has 0 radical (unpaired) electrons. The van der Waals surface area contributed by atoms with Crippen LogP contribution in [-0.2, 0) is 26.5 Å². The quantitative estimate of drug-likeness (QED) is 0.181. The molecule has 5 aromatic rings. The Morgan fingerprint density at radius 2 is 1.71 bits per heavy atom. The van der Waals surface area contributed by atoms with Crippen LogP contribution in [0.2, 0.25) is 18.6 Å². The molecule has 286 valence electrons. The Balaban J connectivity index is 1.20. The van der Waals surface area contributed by atoms with Gasteiger partial charge in [0.1, 0.15) is 11.5 Å². The van der Waals surface area contributed by atoms with Gasteiger partial charge in [0.25, 0.3) is 11.5 Å². The first-order chi connectivity index (χ1) is 26.5. The number of benzene rings is 4. The number of methoxy groups -OCH3 is 2. The summed E-state index contributed by atoms with van der Waals surface area (Å²) < 4.78 is 20.0. The highest BCUT2D eigenvalue weighted by molar-refractivity contribution is 6.91. The second-order valence-electron chi connectivity index (χ2n) is 15.7. The number of carbonyl (C=O) groups excluding carboxylic acids is 2. The number of hydrogen-bond donors (Lipinski definition) is 2. The average molecular weight is 761 g/mol. The molecule has 0 bridgehead atoms. The number of para-hydroxylation sites is 1. The zero-order valence-electron chi connectivity index (χ0n) is 32.0. The van der Waals surface area contributed by atoms with E-state index in [1.54, 1.807) is 30.1 Å². The summed E-state index contributed by atoms with van der Waals surface area (Å²) in [5.41, 5.74) is 2.01. The highest BCUT2D eigenvalue weighted by Crippen LogP contribution is 2.60. The van der Waals surface area contributed by atoms with Crippen molar-refractivity contribution in [2.24, 2.45) is 5.92 Å². The number of hydrogen-bond acceptors (Lipinski definition) is 7. The second-order valence-corrected chi connectivity index (χ2v) is 20.4. The van der Waals surface area contributed by atoms with E-state index in [4.69, 9.17) is 14.2 Å². The Morgan fingerprint density at radius 1 is 0.964 bits per heavy atom. The lowest BCUT2D eigenvalue weighted by Crippen LogP contribution is -2.52. The number of fused-ring (bicyclic) bond motifs is 3. The summed E-state index contributed by atoms with van der Waals surface area (Å²) >= 11 is 0. The van der Waals surface area contributed by atoms with Crippen LogP contribution in [0.4, 0.5) is 5.69 Å². The Kier molecular flexibility index (Phi) is 9.47. The van der Waals surface area contributed by atoms with Crippen molar-refractivity contribution in [2.75, 3.05) is 32.3 Å². The van der Waals surface area contributed by atoms with Crippen LogP contribution in [0.5, 0.6) is 11.5 Å². The maximum atomic E-state index is 15.4. The lowest BCUT2D eigenvalue weighted by molar-refractivity contribution is -0.150. The first kappa shape index (κ1) is 36.8. The number of anilines is 1. The number of nitrogens with zero attached hydrogens (tertiary/aromatic N) is 3. The van der Waals surface area contributed by atoms with Crippen LogP contribution < -0.4 is 25.1 Å². The van der Waals surface area contributed by atoms with Gasteiger partial charge in [0.15, 0.2) is 5.60 Å². The van der Waals surface area contributed by atoms with Crippen LogP contribution >= 0.6 is 0 Å². The molecule has 1 spiro atoms. The van der Waals surface area contributed by atoms with Crippen molar-refractivity contribution in [3.63, 3.8) is 0 Å². The molecule has 55 heavy (non-hydrogen) atoms. The summed E-state index contributed by atoms with van der Waals surface area (Å²) in [4.78, 5) is 46.4. The number of ether oxygens (including phenoxy) is 3. The van der Waals surface area contributed by atoms with E-state index in [0.717, 1.165) is 40.9 Å². The van der Waals surface area contributed by atoms with E-state index in [0.29, 0.717) is 23.4 Å². The van der Waals surface area contributed by atoms with E-state index in [1.807, 2.05) is 72.8 Å². The summed E-state index contributed by atoms with van der Waals surface area (Å²) in [5.74, 6) is 0.797. The molecule has 5 atom stereocenters. The van der Waals surface area contributed by atoms with Gasteiger partial charge in [0.05, 0.1) is 76.3 Å². The normalized spacial score (nSPS) is 23.6. The summed E-state index contributed by atoms with van der Waals surface area (Å²) in [6.45, 7) is 7.44. The molecule has 3 aliphatic heterocycles. The Hall–Kier alpha value is -5.17. The van der Waals surface area contributed by atoms with E-state index in [9.17, 15) is 14.7 Å². The van der Waals surface area contributed by atoms with Gasteiger partial charge >= 0.3 is 0 Å². The van der Waals surface area contributed by atoms with Crippen molar-refractivity contribution >= 4 is 41.7 Å². The number of nitrogens with one attached hydrogen (secondary N) is 1. The Labute approximate surface area is 321 Å². The fraction of sp³-hybridized carbons (Fsp3) is 0.372. The molecule has 8 rings (SSSR count). The highest BCUT2D eigenvalue weighted by atomic mass is 28.3. The highest BCUT2D eigenvalue weighted by Gasteiger charge is 2.66. The van der Waals surface area contributed by atoms with Gasteiger partial charge in [0, 0.05) is 18.0 Å². The number of H-pyrrole nitrogens is 1. The number of rotatable bonds is 10. The molecule has 2 N–H and O–H groups in total. The lowest BCUT2D eigenvalue weighted by Gasteiger charge is -2.37. The maximum Gasteiger partial charge on any atom is 0.279 e. The standard InChI is InChI=1S/C43H48N4O7Si/c1-27-40(55(4,5)33-18-15-31(52-2)16-19-33)38(24-39(49)45-21-9-12-30(45)26-48)54-43(27)35-23-32(53-3)17-20-37(35)46(42(43)51)25-28-10-8-11-29(22-28)47-41(50)34-13-6-7-14-36(34)44-47/h6-8,10-11,13-20,22-23,27,30,38,40,44,48H,9,12,21,24-26H2,1-5H3/t27-,30+,38+,40-,43+/m1/s1. The van der Waals surface area contributed by atoms with Crippen molar-refractivity contribution < 1.29 is 28.9 Å². The monoisotopic (exact) mass is 760 g/mol. The van der Waals surface area contributed by atoms with Crippen LogP contribution in [0, 0.1) is 5.92 Å². The molecule has 1 aromatic heterocycles. The molecule has 11 nitrogen and oxygen atoms in total. The third-order valence-electron chi connectivity index (χ3n) is 12.4. The van der Waals surface area contributed by atoms with Gasteiger partial charge in [-0.1, -0.05) is 61.6 Å². The first-order valence-electron chi connectivity index (χ1n) is 19.0. The summed E-state index contributed by atoms with van der Waals surface area (Å²) in [6, 6.07) is 28.7. The summed E-state index contributed by atoms with van der Waals surface area (Å²) in [6.07, 6.45) is 1.15. The first-order valence-corrected chi connectivity index (χ1v) is 22.1. The molecule has 0 aliphatic carbocycles. The van der Waals surface area contributed by atoms with Crippen LogP contribution in [0.3, 0.4) is 0 Å². The zero-order valence-corrected chi connectivity index (χ0v) is 33.0. The van der Waals surface area contributed by atoms with Crippen molar-refractivity contribution in [1.29, 1.82) is 0 Å². The zero-order chi connectivity index (χ0) is 38.6. The van der Waals surface area contributed by atoms with Crippen molar-refractivity contribution in [3.8, 4) is 17.2 Å². The van der Waals surface area contributed by atoms with Gasteiger partial charge in [0.2, 0.25) is 5.91 Å². The molecular formula is C43H48N4O7Si. The molecule has 0 saturated carbocycles. The van der Waals surface area contributed by atoms with E-state index in [-0.39, 0.29) is 54.4 Å². The molecule has 4 aromatic carbocycles. The molecule has 2 fully saturated rings. The number of aliphatic hydroxyl groups is 1. The predicted molar refractivity (Wildman–Crippen MR) is 214 cm³/mol. The predicted octanol–water partition coefficient (Wildman–Crippen LogP) is 5.47. The minimum absolute atomic E-state index is 0.0625. The smallest absolute Gasteiger partial charge is 0.279 e. The SMILES string of the molecule is COc1ccc([Si](C)(C)[C@H]2[C@H](CC(=O)N3CCC[C@H]3CO)O[C@@]3(C(=O)N(Cc4cccc(-n5[nH]c6ccccc6c5=O)c4)c4ccc(OC)cc43)[C@@H]2C)cc1. The van der Waals surface area contributed by atoms with Gasteiger partial charge < -0.3 is 29.1 Å². The Bertz CT molecular complexity index is 2320. The average Bonchev–Trinajstić information content (AvgIpc) is 3.95. The fourth-order valence-electron chi connectivity index (χ4n) is 9.64. The van der Waals surface area contributed by atoms with Crippen molar-refractivity contribution in [3.05, 3.63) is 112 Å². The molecule has 2 saturated heterocycles. The minimum atomic E-state index is -2.51. The number of carbonyl (C=O) groups is 2. The van der Waals surface area contributed by atoms with Gasteiger partial charge in [-0.3, -0.25) is 19.5 Å². The van der Waals surface area contributed by atoms with E-state index >= 15 is 4.79 Å². The van der Waals surface area contributed by atoms with Crippen LogP contribution in [0.25, 0.3) is 16.6 Å². The van der Waals surface area contributed by atoms with E-state index < -0.39 is 19.8 Å². The van der Waals surface area contributed by atoms with E-state index in [2.05, 4.69) is 37.2 Å². The third-order valence-corrected chi connectivity index (χ3v) is 16.8. The number of aliphatic hydroxyl groups excluding tert-OH is 1. The summed E-state index contributed by atoms with van der Waals surface area (Å²) in [7, 11) is 0.751. The fourth-order valence-corrected chi connectivity index (χ4v) is 13.6. The number of amides is 2. The van der Waals surface area contributed by atoms with Crippen LogP contribution in [0.1, 0.15) is 37.3 Å². The largest absolute Gasteiger partial charge is 0.497 e. The number of aromatic amines is 1. The maximum absolute atomic E-state index is 15.4. The molecule has 3 aliphatic rings. The second kappa shape index (κ2) is 14.2. The van der Waals surface area contributed by atoms with Gasteiger partial charge in [-0.25, -0.2) is 4.68 Å². The summed E-state index contributed by atoms with van der Waals surface area (Å²) in [5, 5.41) is 15.1. The lowest BCUT2D eigenvalue weighted by atomic mass is 9.82. The molecule has 2 amide bonds. The molecular weight excluding hydrogens is 713 g/mol. The van der Waals surface area contributed by atoms with Gasteiger partial charge in [-0.15, -0.1) is 0 Å². The van der Waals surface area contributed by atoms with E-state index in [1.165, 1.54) is 9.87 Å². The molecule has 4 heterocycles. The topological polar surface area (TPSA) is 126 Å². The van der Waals surface area contributed by atoms with Crippen LogP contribution in [0.15, 0.2) is 95.8 Å². The molecule has 0 unspecified atom stereocenters. The van der Waals surface area contributed by atoms with Crippen LogP contribution in [-0.4, -0.2) is 79.2 Å². The van der Waals surface area contributed by atoms with Crippen molar-refractivity contribution in [1.82, 2.24) is 14.7 Å². The Morgan fingerprint density at radius 3 is 2.44 bits per heavy atom. The number of aromatic nitrogens is 2. The number of likely N-dealkylation sites (tertiary alicyclic amines) is 1. The minimum Gasteiger partial charge on any atom is -0.497 e. The van der Waals surface area contributed by atoms with Gasteiger partial charge in [-0.2, -0.15) is 0 Å². The van der Waals surface area contributed by atoms with Crippen molar-refractivity contribution in [2.45, 2.75) is 69.1 Å². The van der Waals surface area contributed by atoms with Gasteiger partial charge in [-0.05, 0) is 78.5 Å².